The molecule has 0 amide bonds. The minimum atomic E-state index is 0.456. The van der Waals surface area contributed by atoms with Gasteiger partial charge in [-0.3, -0.25) is 4.90 Å². The van der Waals surface area contributed by atoms with Crippen LogP contribution < -0.4 is 0 Å². The van der Waals surface area contributed by atoms with E-state index >= 15 is 0 Å². The van der Waals surface area contributed by atoms with E-state index in [-0.39, 0.29) is 0 Å². The fraction of sp³-hybridized carbons (Fsp3) is 0.208. The second kappa shape index (κ2) is 7.01. The third kappa shape index (κ3) is 3.26. The summed E-state index contributed by atoms with van der Waals surface area (Å²) in [5.74, 6) is 0. The highest BCUT2D eigenvalue weighted by molar-refractivity contribution is 5.74. The third-order valence-corrected chi connectivity index (χ3v) is 5.63. The van der Waals surface area contributed by atoms with Gasteiger partial charge in [-0.2, -0.15) is 0 Å². The van der Waals surface area contributed by atoms with Crippen LogP contribution in [0.2, 0.25) is 0 Å². The lowest BCUT2D eigenvalue weighted by Gasteiger charge is -2.37. The van der Waals surface area contributed by atoms with Crippen molar-refractivity contribution in [2.75, 3.05) is 0 Å². The molecule has 0 bridgehead atoms. The summed E-state index contributed by atoms with van der Waals surface area (Å²) in [5.41, 5.74) is 6.60. The van der Waals surface area contributed by atoms with Crippen LogP contribution >= 0.6 is 0 Å². The molecule has 1 aliphatic rings. The second-order valence-electron chi connectivity index (χ2n) is 7.40. The number of nitrogens with zero attached hydrogens (tertiary/aromatic N) is 3. The molecule has 3 aromatic carbocycles. The SMILES string of the molecule is c1ccc(CN2Cc3ccccc3C[C@H]2Cn2cnc3ccccc32)cc1. The molecule has 1 aliphatic heterocycles. The van der Waals surface area contributed by atoms with Crippen molar-refractivity contribution in [3.05, 3.63) is 102 Å². The molecule has 3 heteroatoms. The zero-order valence-corrected chi connectivity index (χ0v) is 15.3. The number of rotatable bonds is 4. The molecule has 0 unspecified atom stereocenters. The number of imidazole rings is 1. The highest BCUT2D eigenvalue weighted by atomic mass is 15.2. The molecule has 0 aliphatic carbocycles. The molecular formula is C24H23N3. The van der Waals surface area contributed by atoms with E-state index in [1.807, 2.05) is 6.33 Å². The van der Waals surface area contributed by atoms with Crippen molar-refractivity contribution in [1.29, 1.82) is 0 Å². The van der Waals surface area contributed by atoms with E-state index in [0.29, 0.717) is 6.04 Å². The van der Waals surface area contributed by atoms with Crippen LogP contribution in [-0.2, 0) is 26.1 Å². The second-order valence-corrected chi connectivity index (χ2v) is 7.40. The van der Waals surface area contributed by atoms with Crippen LogP contribution in [-0.4, -0.2) is 20.5 Å². The summed E-state index contributed by atoms with van der Waals surface area (Å²) in [5, 5.41) is 0. The van der Waals surface area contributed by atoms with E-state index in [4.69, 9.17) is 0 Å². The van der Waals surface area contributed by atoms with Gasteiger partial charge in [0.2, 0.25) is 0 Å². The van der Waals surface area contributed by atoms with Crippen molar-refractivity contribution in [2.45, 2.75) is 32.1 Å². The normalized spacial score (nSPS) is 17.1. The van der Waals surface area contributed by atoms with Crippen LogP contribution in [0.4, 0.5) is 0 Å². The molecule has 134 valence electrons. The van der Waals surface area contributed by atoms with E-state index in [2.05, 4.69) is 93.3 Å². The first-order valence-corrected chi connectivity index (χ1v) is 9.61. The van der Waals surface area contributed by atoms with Crippen molar-refractivity contribution in [3.63, 3.8) is 0 Å². The summed E-state index contributed by atoms with van der Waals surface area (Å²) in [6.07, 6.45) is 3.07. The summed E-state index contributed by atoms with van der Waals surface area (Å²) >= 11 is 0. The molecule has 1 aromatic heterocycles. The van der Waals surface area contributed by atoms with Crippen molar-refractivity contribution in [3.8, 4) is 0 Å². The molecule has 0 fully saturated rings. The van der Waals surface area contributed by atoms with Crippen molar-refractivity contribution < 1.29 is 0 Å². The van der Waals surface area contributed by atoms with Gasteiger partial charge in [-0.05, 0) is 35.2 Å². The highest BCUT2D eigenvalue weighted by Gasteiger charge is 2.26. The largest absolute Gasteiger partial charge is 0.329 e. The van der Waals surface area contributed by atoms with Crippen LogP contribution in [0.5, 0.6) is 0 Å². The Morgan fingerprint density at radius 3 is 2.44 bits per heavy atom. The van der Waals surface area contributed by atoms with Gasteiger partial charge in [0.25, 0.3) is 0 Å². The van der Waals surface area contributed by atoms with Crippen molar-refractivity contribution in [2.24, 2.45) is 0 Å². The molecule has 0 N–H and O–H groups in total. The average Bonchev–Trinajstić information content (AvgIpc) is 3.12. The Kier molecular flexibility index (Phi) is 4.23. The zero-order valence-electron chi connectivity index (χ0n) is 15.3. The molecule has 0 radical (unpaired) electrons. The number of benzene rings is 3. The summed E-state index contributed by atoms with van der Waals surface area (Å²) in [6.45, 7) is 2.94. The Labute approximate surface area is 159 Å². The maximum atomic E-state index is 4.58. The van der Waals surface area contributed by atoms with E-state index in [9.17, 15) is 0 Å². The standard InChI is InChI=1S/C24H23N3/c1-2-8-19(9-3-1)15-26-16-21-11-5-4-10-20(21)14-22(26)17-27-18-25-23-12-6-7-13-24(23)27/h1-13,18,22H,14-17H2/t22-/m0/s1. The van der Waals surface area contributed by atoms with Gasteiger partial charge in [-0.15, -0.1) is 0 Å². The quantitative estimate of drug-likeness (QED) is 0.532. The fourth-order valence-electron chi connectivity index (χ4n) is 4.21. The number of para-hydroxylation sites is 2. The summed E-state index contributed by atoms with van der Waals surface area (Å²) in [6, 6.07) is 28.5. The average molecular weight is 353 g/mol. The van der Waals surface area contributed by atoms with Gasteiger partial charge in [0.05, 0.1) is 17.4 Å². The van der Waals surface area contributed by atoms with Crippen LogP contribution in [0.1, 0.15) is 16.7 Å². The molecule has 5 rings (SSSR count). The Hall–Kier alpha value is -2.91. The van der Waals surface area contributed by atoms with Crippen molar-refractivity contribution >= 4 is 11.0 Å². The molecule has 0 saturated heterocycles. The van der Waals surface area contributed by atoms with Crippen LogP contribution in [0.15, 0.2) is 85.2 Å². The fourth-order valence-corrected chi connectivity index (χ4v) is 4.21. The zero-order chi connectivity index (χ0) is 18.1. The van der Waals surface area contributed by atoms with Gasteiger partial charge in [0.15, 0.2) is 0 Å². The number of hydrogen-bond acceptors (Lipinski definition) is 2. The van der Waals surface area contributed by atoms with Gasteiger partial charge in [0, 0.05) is 25.7 Å². The number of hydrogen-bond donors (Lipinski definition) is 0. The molecule has 1 atom stereocenters. The molecule has 4 aromatic rings. The number of fused-ring (bicyclic) bond motifs is 2. The van der Waals surface area contributed by atoms with E-state index in [1.165, 1.54) is 22.2 Å². The Morgan fingerprint density at radius 1 is 0.815 bits per heavy atom. The maximum Gasteiger partial charge on any atom is 0.0958 e. The Morgan fingerprint density at radius 2 is 1.56 bits per heavy atom. The molecule has 0 spiro atoms. The molecule has 27 heavy (non-hydrogen) atoms. The van der Waals surface area contributed by atoms with Gasteiger partial charge in [-0.1, -0.05) is 66.7 Å². The maximum absolute atomic E-state index is 4.58. The van der Waals surface area contributed by atoms with Gasteiger partial charge in [-0.25, -0.2) is 4.98 Å². The Balaban J connectivity index is 1.47. The highest BCUT2D eigenvalue weighted by Crippen LogP contribution is 2.26. The number of aromatic nitrogens is 2. The topological polar surface area (TPSA) is 21.1 Å². The predicted octanol–water partition coefficient (Wildman–Crippen LogP) is 4.66. The molecule has 0 saturated carbocycles. The monoisotopic (exact) mass is 353 g/mol. The van der Waals surface area contributed by atoms with E-state index in [0.717, 1.165) is 31.6 Å². The smallest absolute Gasteiger partial charge is 0.0958 e. The predicted molar refractivity (Wildman–Crippen MR) is 109 cm³/mol. The minimum absolute atomic E-state index is 0.456. The van der Waals surface area contributed by atoms with Gasteiger partial charge >= 0.3 is 0 Å². The first-order chi connectivity index (χ1) is 13.4. The lowest BCUT2D eigenvalue weighted by atomic mass is 9.93. The van der Waals surface area contributed by atoms with Gasteiger partial charge < -0.3 is 4.57 Å². The third-order valence-electron chi connectivity index (χ3n) is 5.63. The summed E-state index contributed by atoms with van der Waals surface area (Å²) < 4.78 is 2.31. The van der Waals surface area contributed by atoms with Crippen molar-refractivity contribution in [1.82, 2.24) is 14.5 Å². The van der Waals surface area contributed by atoms with Crippen LogP contribution in [0.3, 0.4) is 0 Å². The molecule has 3 nitrogen and oxygen atoms in total. The first kappa shape index (κ1) is 16.3. The lowest BCUT2D eigenvalue weighted by molar-refractivity contribution is 0.147. The summed E-state index contributed by atoms with van der Waals surface area (Å²) in [4.78, 5) is 7.20. The minimum Gasteiger partial charge on any atom is -0.329 e. The van der Waals surface area contributed by atoms with E-state index in [1.54, 1.807) is 0 Å². The molecule has 2 heterocycles. The van der Waals surface area contributed by atoms with Crippen LogP contribution in [0.25, 0.3) is 11.0 Å². The van der Waals surface area contributed by atoms with Crippen LogP contribution in [0, 0.1) is 0 Å². The Bertz CT molecular complexity index is 1050. The first-order valence-electron chi connectivity index (χ1n) is 9.61. The summed E-state index contributed by atoms with van der Waals surface area (Å²) in [7, 11) is 0. The molecular weight excluding hydrogens is 330 g/mol. The lowest BCUT2D eigenvalue weighted by Crippen LogP contribution is -2.42. The van der Waals surface area contributed by atoms with E-state index < -0.39 is 0 Å². The van der Waals surface area contributed by atoms with Gasteiger partial charge in [0.1, 0.15) is 0 Å².